The second kappa shape index (κ2) is 3.46. The molecule has 4 atom stereocenters. The average Bonchev–Trinajstić information content (AvgIpc) is 2.16. The Balaban J connectivity index is 2.57. The van der Waals surface area contributed by atoms with Gasteiger partial charge in [0.2, 0.25) is 0 Å². The maximum Gasteiger partial charge on any atom is 0.303 e. The predicted molar refractivity (Wildman–Crippen MR) is 47.9 cm³/mol. The molecule has 0 bridgehead atoms. The van der Waals surface area contributed by atoms with E-state index < -0.39 is 5.97 Å². The van der Waals surface area contributed by atoms with E-state index in [1.165, 1.54) is 6.42 Å². The van der Waals surface area contributed by atoms with Crippen molar-refractivity contribution < 1.29 is 9.90 Å². The Bertz CT molecular complexity index is 177. The van der Waals surface area contributed by atoms with E-state index in [1.807, 2.05) is 0 Å². The SMILES string of the molecule is CC1CC(C)C(CC(=O)O)C1C. The highest BCUT2D eigenvalue weighted by atomic mass is 16.4. The van der Waals surface area contributed by atoms with E-state index in [1.54, 1.807) is 0 Å². The van der Waals surface area contributed by atoms with Crippen molar-refractivity contribution in [3.8, 4) is 0 Å². The molecule has 0 radical (unpaired) electrons. The van der Waals surface area contributed by atoms with E-state index in [0.29, 0.717) is 30.1 Å². The van der Waals surface area contributed by atoms with Gasteiger partial charge in [0.25, 0.3) is 0 Å². The number of aliphatic carboxylic acids is 1. The smallest absolute Gasteiger partial charge is 0.303 e. The molecule has 0 aromatic heterocycles. The Morgan fingerprint density at radius 2 is 1.92 bits per heavy atom. The van der Waals surface area contributed by atoms with Crippen molar-refractivity contribution >= 4 is 5.97 Å². The van der Waals surface area contributed by atoms with E-state index in [9.17, 15) is 4.79 Å². The Labute approximate surface area is 74.0 Å². The number of rotatable bonds is 2. The Morgan fingerprint density at radius 3 is 2.25 bits per heavy atom. The van der Waals surface area contributed by atoms with Crippen LogP contribution in [0.2, 0.25) is 0 Å². The second-order valence-corrected chi connectivity index (χ2v) is 4.31. The minimum absolute atomic E-state index is 0.354. The van der Waals surface area contributed by atoms with Crippen LogP contribution >= 0.6 is 0 Å². The van der Waals surface area contributed by atoms with Crippen LogP contribution < -0.4 is 0 Å². The average molecular weight is 170 g/mol. The second-order valence-electron chi connectivity index (χ2n) is 4.31. The molecule has 0 spiro atoms. The number of carboxylic acids is 1. The van der Waals surface area contributed by atoms with E-state index >= 15 is 0 Å². The summed E-state index contributed by atoms with van der Waals surface area (Å²) in [7, 11) is 0. The van der Waals surface area contributed by atoms with Crippen molar-refractivity contribution in [1.29, 1.82) is 0 Å². The summed E-state index contributed by atoms with van der Waals surface area (Å²) < 4.78 is 0. The number of hydrogen-bond acceptors (Lipinski definition) is 1. The molecule has 0 heterocycles. The van der Waals surface area contributed by atoms with E-state index in [0.717, 1.165) is 0 Å². The van der Waals surface area contributed by atoms with Gasteiger partial charge in [-0.3, -0.25) is 4.79 Å². The first kappa shape index (κ1) is 9.56. The third-order valence-electron chi connectivity index (χ3n) is 3.46. The van der Waals surface area contributed by atoms with Crippen LogP contribution in [0.4, 0.5) is 0 Å². The zero-order valence-electron chi connectivity index (χ0n) is 8.08. The highest BCUT2D eigenvalue weighted by Crippen LogP contribution is 2.42. The first-order chi connectivity index (χ1) is 5.52. The molecule has 1 fully saturated rings. The lowest BCUT2D eigenvalue weighted by molar-refractivity contribution is -0.138. The molecule has 12 heavy (non-hydrogen) atoms. The Morgan fingerprint density at radius 1 is 1.33 bits per heavy atom. The highest BCUT2D eigenvalue weighted by Gasteiger charge is 2.36. The molecule has 4 unspecified atom stereocenters. The molecule has 0 aromatic rings. The number of carbonyl (C=O) groups is 1. The summed E-state index contributed by atoms with van der Waals surface area (Å²) in [6.07, 6.45) is 1.55. The summed E-state index contributed by atoms with van der Waals surface area (Å²) in [4.78, 5) is 10.6. The molecule has 70 valence electrons. The molecule has 2 heteroatoms. The van der Waals surface area contributed by atoms with Gasteiger partial charge in [0.05, 0.1) is 0 Å². The van der Waals surface area contributed by atoms with Gasteiger partial charge in [-0.05, 0) is 30.1 Å². The van der Waals surface area contributed by atoms with Crippen molar-refractivity contribution in [2.75, 3.05) is 0 Å². The minimum Gasteiger partial charge on any atom is -0.481 e. The molecule has 2 nitrogen and oxygen atoms in total. The van der Waals surface area contributed by atoms with Gasteiger partial charge in [0.1, 0.15) is 0 Å². The highest BCUT2D eigenvalue weighted by molar-refractivity contribution is 5.67. The molecule has 0 aliphatic heterocycles. The molecule has 0 aromatic carbocycles. The summed E-state index contributed by atoms with van der Waals surface area (Å²) in [5.41, 5.74) is 0. The van der Waals surface area contributed by atoms with Crippen LogP contribution in [-0.4, -0.2) is 11.1 Å². The fourth-order valence-electron chi connectivity index (χ4n) is 2.50. The summed E-state index contributed by atoms with van der Waals surface area (Å²) in [5, 5.41) is 8.70. The maximum atomic E-state index is 10.6. The third-order valence-corrected chi connectivity index (χ3v) is 3.46. The lowest BCUT2D eigenvalue weighted by Crippen LogP contribution is -2.16. The number of carboxylic acid groups (broad SMARTS) is 1. The van der Waals surface area contributed by atoms with Gasteiger partial charge in [-0.2, -0.15) is 0 Å². The van der Waals surface area contributed by atoms with Gasteiger partial charge in [-0.1, -0.05) is 20.8 Å². The first-order valence-electron chi connectivity index (χ1n) is 4.74. The van der Waals surface area contributed by atoms with Crippen molar-refractivity contribution in [1.82, 2.24) is 0 Å². The van der Waals surface area contributed by atoms with Crippen LogP contribution in [0.3, 0.4) is 0 Å². The van der Waals surface area contributed by atoms with Gasteiger partial charge in [0, 0.05) is 6.42 Å². The van der Waals surface area contributed by atoms with Crippen molar-refractivity contribution in [2.24, 2.45) is 23.7 Å². The van der Waals surface area contributed by atoms with Crippen molar-refractivity contribution in [3.63, 3.8) is 0 Å². The van der Waals surface area contributed by atoms with Gasteiger partial charge >= 0.3 is 5.97 Å². The Kier molecular flexibility index (Phi) is 2.76. The lowest BCUT2D eigenvalue weighted by Gasteiger charge is -2.18. The van der Waals surface area contributed by atoms with E-state index in [2.05, 4.69) is 20.8 Å². The quantitative estimate of drug-likeness (QED) is 0.691. The lowest BCUT2D eigenvalue weighted by atomic mass is 9.87. The summed E-state index contributed by atoms with van der Waals surface area (Å²) >= 11 is 0. The largest absolute Gasteiger partial charge is 0.481 e. The monoisotopic (exact) mass is 170 g/mol. The molecule has 1 N–H and O–H groups in total. The van der Waals surface area contributed by atoms with Crippen molar-refractivity contribution in [3.05, 3.63) is 0 Å². The number of hydrogen-bond donors (Lipinski definition) is 1. The van der Waals surface area contributed by atoms with Gasteiger partial charge in [0.15, 0.2) is 0 Å². The summed E-state index contributed by atoms with van der Waals surface area (Å²) in [5.74, 6) is 1.62. The first-order valence-corrected chi connectivity index (χ1v) is 4.74. The minimum atomic E-state index is -0.646. The third kappa shape index (κ3) is 1.79. The van der Waals surface area contributed by atoms with Gasteiger partial charge < -0.3 is 5.11 Å². The summed E-state index contributed by atoms with van der Waals surface area (Å²) in [6.45, 7) is 6.58. The molecule has 0 saturated heterocycles. The van der Waals surface area contributed by atoms with Crippen LogP contribution in [0.15, 0.2) is 0 Å². The molecule has 1 aliphatic carbocycles. The molecular weight excluding hydrogens is 152 g/mol. The van der Waals surface area contributed by atoms with Crippen LogP contribution in [0.5, 0.6) is 0 Å². The fraction of sp³-hybridized carbons (Fsp3) is 0.900. The normalized spacial score (nSPS) is 41.6. The van der Waals surface area contributed by atoms with Crippen LogP contribution in [0.1, 0.15) is 33.6 Å². The van der Waals surface area contributed by atoms with Crippen LogP contribution in [-0.2, 0) is 4.79 Å². The standard InChI is InChI=1S/C10H18O2/c1-6-4-7(2)9(8(6)3)5-10(11)12/h6-9H,4-5H2,1-3H3,(H,11,12). The molecule has 1 rings (SSSR count). The fourth-order valence-corrected chi connectivity index (χ4v) is 2.50. The molecule has 1 saturated carbocycles. The van der Waals surface area contributed by atoms with Crippen LogP contribution in [0.25, 0.3) is 0 Å². The topological polar surface area (TPSA) is 37.3 Å². The van der Waals surface area contributed by atoms with Gasteiger partial charge in [-0.15, -0.1) is 0 Å². The van der Waals surface area contributed by atoms with Crippen molar-refractivity contribution in [2.45, 2.75) is 33.6 Å². The van der Waals surface area contributed by atoms with E-state index in [-0.39, 0.29) is 0 Å². The van der Waals surface area contributed by atoms with E-state index in [4.69, 9.17) is 5.11 Å². The Hall–Kier alpha value is -0.530. The van der Waals surface area contributed by atoms with Gasteiger partial charge in [-0.25, -0.2) is 0 Å². The summed E-state index contributed by atoms with van der Waals surface area (Å²) in [6, 6.07) is 0. The maximum absolute atomic E-state index is 10.6. The van der Waals surface area contributed by atoms with Crippen LogP contribution in [0, 0.1) is 23.7 Å². The zero-order valence-corrected chi connectivity index (χ0v) is 8.08. The molecule has 0 amide bonds. The predicted octanol–water partition coefficient (Wildman–Crippen LogP) is 2.39. The zero-order chi connectivity index (χ0) is 9.30. The molecule has 1 aliphatic rings. The molecular formula is C10H18O2.